The number of aliphatic hydroxyl groups is 1. The first-order valence-electron chi connectivity index (χ1n) is 13.2. The number of hydrogen-bond acceptors (Lipinski definition) is 7. The van der Waals surface area contributed by atoms with E-state index in [1.54, 1.807) is 13.0 Å². The van der Waals surface area contributed by atoms with E-state index < -0.39 is 5.97 Å². The summed E-state index contributed by atoms with van der Waals surface area (Å²) in [4.78, 5) is 17.8. The van der Waals surface area contributed by atoms with Crippen molar-refractivity contribution in [3.8, 4) is 11.5 Å². The minimum atomic E-state index is -0.623. The highest BCUT2D eigenvalue weighted by Gasteiger charge is 2.33. The van der Waals surface area contributed by atoms with Crippen LogP contribution < -0.4 is 9.47 Å². The van der Waals surface area contributed by atoms with Crippen molar-refractivity contribution in [3.63, 3.8) is 0 Å². The summed E-state index contributed by atoms with van der Waals surface area (Å²) in [6.45, 7) is 4.63. The number of thioether (sulfide) groups is 1. The first kappa shape index (κ1) is 28.5. The van der Waals surface area contributed by atoms with Gasteiger partial charge in [0, 0.05) is 4.47 Å². The van der Waals surface area contributed by atoms with Crippen molar-refractivity contribution in [2.75, 3.05) is 13.2 Å². The van der Waals surface area contributed by atoms with Crippen molar-refractivity contribution >= 4 is 61.2 Å². The number of carbonyl (C=O) groups is 1. The largest absolute Gasteiger partial charge is 0.506 e. The molecule has 0 unspecified atom stereocenters. The van der Waals surface area contributed by atoms with Gasteiger partial charge >= 0.3 is 5.97 Å². The fourth-order valence-corrected chi connectivity index (χ4v) is 5.83. The van der Waals surface area contributed by atoms with Crippen molar-refractivity contribution < 1.29 is 24.1 Å². The molecule has 0 saturated heterocycles. The third kappa shape index (κ3) is 6.50. The van der Waals surface area contributed by atoms with E-state index >= 15 is 0 Å². The summed E-state index contributed by atoms with van der Waals surface area (Å²) >= 11 is 4.86. The molecule has 1 aliphatic heterocycles. The highest BCUT2D eigenvalue weighted by Crippen LogP contribution is 2.42. The van der Waals surface area contributed by atoms with Crippen LogP contribution in [0.25, 0.3) is 16.8 Å². The summed E-state index contributed by atoms with van der Waals surface area (Å²) in [7, 11) is 0. The van der Waals surface area contributed by atoms with Crippen LogP contribution in [0.3, 0.4) is 0 Å². The molecular formula is C33H28BrNO5S. The van der Waals surface area contributed by atoms with Gasteiger partial charge in [-0.3, -0.25) is 0 Å². The Bertz CT molecular complexity index is 1670. The molecule has 0 radical (unpaired) electrons. The van der Waals surface area contributed by atoms with Gasteiger partial charge in [0.15, 0.2) is 11.5 Å². The van der Waals surface area contributed by atoms with Gasteiger partial charge in [0.25, 0.3) is 0 Å². The molecule has 41 heavy (non-hydrogen) atoms. The maximum Gasteiger partial charge on any atom is 0.344 e. The lowest BCUT2D eigenvalue weighted by molar-refractivity contribution is -0.138. The molecular weight excluding hydrogens is 602 g/mol. The average Bonchev–Trinajstić information content (AvgIpc) is 3.28. The van der Waals surface area contributed by atoms with Gasteiger partial charge in [-0.15, -0.1) is 0 Å². The van der Waals surface area contributed by atoms with Crippen LogP contribution in [0.15, 0.2) is 111 Å². The number of nitrogens with zero attached hydrogens (tertiary/aromatic N) is 1. The van der Waals surface area contributed by atoms with Gasteiger partial charge in [-0.1, -0.05) is 88.4 Å². The number of para-hydroxylation sites is 1. The van der Waals surface area contributed by atoms with Crippen LogP contribution in [0.5, 0.6) is 11.5 Å². The first-order chi connectivity index (χ1) is 20.0. The Morgan fingerprint density at radius 1 is 0.927 bits per heavy atom. The van der Waals surface area contributed by atoms with Gasteiger partial charge in [0.1, 0.15) is 23.0 Å². The van der Waals surface area contributed by atoms with E-state index in [9.17, 15) is 9.90 Å². The minimum absolute atomic E-state index is 0.0446. The number of halogens is 1. The van der Waals surface area contributed by atoms with Crippen molar-refractivity contribution in [3.05, 3.63) is 117 Å². The number of rotatable bonds is 9. The van der Waals surface area contributed by atoms with Gasteiger partial charge in [0.2, 0.25) is 0 Å². The highest BCUT2D eigenvalue weighted by atomic mass is 79.9. The van der Waals surface area contributed by atoms with E-state index in [4.69, 9.17) is 14.2 Å². The molecule has 0 aliphatic carbocycles. The molecule has 0 amide bonds. The van der Waals surface area contributed by atoms with Gasteiger partial charge in [-0.25, -0.2) is 9.79 Å². The predicted octanol–water partition coefficient (Wildman–Crippen LogP) is 8.77. The normalized spacial score (nSPS) is 15.1. The maximum atomic E-state index is 12.8. The Kier molecular flexibility index (Phi) is 9.11. The zero-order chi connectivity index (χ0) is 28.8. The second-order valence-corrected chi connectivity index (χ2v) is 10.9. The SMILES string of the molecule is CCOC(=O)C1=C(O)/C(=C/c2cc(OCC)c(OCc3cccc4ccccc34)cc2Br)SC1=Nc1ccccc1. The zero-order valence-corrected chi connectivity index (χ0v) is 25.0. The van der Waals surface area contributed by atoms with E-state index in [-0.39, 0.29) is 17.9 Å². The van der Waals surface area contributed by atoms with E-state index in [1.165, 1.54) is 11.8 Å². The van der Waals surface area contributed by atoms with Crippen LogP contribution in [-0.4, -0.2) is 29.3 Å². The molecule has 0 bridgehead atoms. The number of carbonyl (C=O) groups excluding carboxylic acids is 1. The van der Waals surface area contributed by atoms with Crippen LogP contribution in [-0.2, 0) is 16.1 Å². The number of benzene rings is 4. The van der Waals surface area contributed by atoms with Crippen LogP contribution in [0, 0.1) is 0 Å². The molecule has 4 aromatic rings. The molecule has 4 aromatic carbocycles. The van der Waals surface area contributed by atoms with E-state index in [2.05, 4.69) is 45.2 Å². The molecule has 0 atom stereocenters. The molecule has 1 heterocycles. The van der Waals surface area contributed by atoms with Crippen molar-refractivity contribution in [2.45, 2.75) is 20.5 Å². The fourth-order valence-electron chi connectivity index (χ4n) is 4.37. The Labute approximate surface area is 251 Å². The lowest BCUT2D eigenvalue weighted by Crippen LogP contribution is -2.12. The predicted molar refractivity (Wildman–Crippen MR) is 169 cm³/mol. The van der Waals surface area contributed by atoms with Crippen LogP contribution in [0.1, 0.15) is 25.0 Å². The van der Waals surface area contributed by atoms with Crippen LogP contribution >= 0.6 is 27.7 Å². The lowest BCUT2D eigenvalue weighted by atomic mass is 10.1. The van der Waals surface area contributed by atoms with Gasteiger partial charge in [-0.2, -0.15) is 0 Å². The Morgan fingerprint density at radius 2 is 1.66 bits per heavy atom. The molecule has 5 rings (SSSR count). The van der Waals surface area contributed by atoms with E-state index in [0.29, 0.717) is 40.3 Å². The quantitative estimate of drug-likeness (QED) is 0.186. The molecule has 1 aliphatic rings. The summed E-state index contributed by atoms with van der Waals surface area (Å²) in [6.07, 6.45) is 1.79. The van der Waals surface area contributed by atoms with Crippen molar-refractivity contribution in [2.24, 2.45) is 4.99 Å². The fraction of sp³-hybridized carbons (Fsp3) is 0.152. The molecule has 0 fully saturated rings. The van der Waals surface area contributed by atoms with E-state index in [1.807, 2.05) is 67.6 Å². The first-order valence-corrected chi connectivity index (χ1v) is 14.8. The topological polar surface area (TPSA) is 77.4 Å². The third-order valence-corrected chi connectivity index (χ3v) is 7.98. The maximum absolute atomic E-state index is 12.8. The van der Waals surface area contributed by atoms with Gasteiger partial charge in [0.05, 0.1) is 23.8 Å². The number of aliphatic imine (C=N–C) groups is 1. The number of hydrogen-bond donors (Lipinski definition) is 1. The summed E-state index contributed by atoms with van der Waals surface area (Å²) in [5.41, 5.74) is 2.52. The Morgan fingerprint density at radius 3 is 2.44 bits per heavy atom. The molecule has 0 spiro atoms. The molecule has 8 heteroatoms. The molecule has 208 valence electrons. The van der Waals surface area contributed by atoms with E-state index in [0.717, 1.165) is 26.4 Å². The Hall–Kier alpha value is -4.01. The number of esters is 1. The lowest BCUT2D eigenvalue weighted by Gasteiger charge is -2.15. The number of aliphatic hydroxyl groups excluding tert-OH is 1. The van der Waals surface area contributed by atoms with Gasteiger partial charge < -0.3 is 19.3 Å². The second kappa shape index (κ2) is 13.1. The van der Waals surface area contributed by atoms with Gasteiger partial charge in [-0.05, 0) is 66.1 Å². The van der Waals surface area contributed by atoms with Crippen molar-refractivity contribution in [1.29, 1.82) is 0 Å². The summed E-state index contributed by atoms with van der Waals surface area (Å²) in [5.74, 6) is 0.357. The number of fused-ring (bicyclic) bond motifs is 1. The smallest absolute Gasteiger partial charge is 0.344 e. The minimum Gasteiger partial charge on any atom is -0.506 e. The second-order valence-electron chi connectivity index (χ2n) is 8.99. The molecule has 0 aromatic heterocycles. The third-order valence-electron chi connectivity index (χ3n) is 6.27. The molecule has 6 nitrogen and oxygen atoms in total. The zero-order valence-electron chi connectivity index (χ0n) is 22.6. The summed E-state index contributed by atoms with van der Waals surface area (Å²) in [6, 6.07) is 27.3. The monoisotopic (exact) mass is 629 g/mol. The van der Waals surface area contributed by atoms with Crippen LogP contribution in [0.4, 0.5) is 5.69 Å². The molecule has 1 N–H and O–H groups in total. The summed E-state index contributed by atoms with van der Waals surface area (Å²) in [5, 5.41) is 13.8. The van der Waals surface area contributed by atoms with Crippen molar-refractivity contribution in [1.82, 2.24) is 0 Å². The van der Waals surface area contributed by atoms with Crippen LogP contribution in [0.2, 0.25) is 0 Å². The Balaban J connectivity index is 1.47. The molecule has 0 saturated carbocycles. The average molecular weight is 631 g/mol. The number of ether oxygens (including phenoxy) is 3. The summed E-state index contributed by atoms with van der Waals surface area (Å²) < 4.78 is 18.1. The highest BCUT2D eigenvalue weighted by molar-refractivity contribution is 9.10. The standard InChI is InChI=1S/C33H28BrNO5S/c1-3-38-27-17-23(26(34)19-28(27)40-20-22-13-10-12-21-11-8-9-16-25(21)22)18-29-31(36)30(33(37)39-4-2)32(41-29)35-24-14-6-5-7-15-24/h5-19,36H,3-4,20H2,1-2H3/b29-18-,35-32?.